The highest BCUT2D eigenvalue weighted by molar-refractivity contribution is 6.07. The van der Waals surface area contributed by atoms with Crippen molar-refractivity contribution in [3.05, 3.63) is 36.0 Å². The van der Waals surface area contributed by atoms with Crippen LogP contribution in [-0.4, -0.2) is 15.9 Å². The molecule has 0 unspecified atom stereocenters. The number of nitrogens with one attached hydrogen (secondary N) is 1. The zero-order chi connectivity index (χ0) is 10.1. The van der Waals surface area contributed by atoms with Gasteiger partial charge in [-0.05, 0) is 18.2 Å². The van der Waals surface area contributed by atoms with E-state index in [0.717, 1.165) is 0 Å². The van der Waals surface area contributed by atoms with Gasteiger partial charge < -0.3 is 10.8 Å². The third kappa shape index (κ3) is 1.17. The second kappa shape index (κ2) is 2.99. The molecule has 0 radical (unpaired) electrons. The van der Waals surface area contributed by atoms with Gasteiger partial charge in [-0.2, -0.15) is 0 Å². The molecule has 2 aromatic rings. The molecule has 1 heterocycles. The molecule has 0 aliphatic rings. The minimum Gasteiger partial charge on any atom is -0.506 e. The van der Waals surface area contributed by atoms with E-state index in [1.54, 1.807) is 24.4 Å². The van der Waals surface area contributed by atoms with Crippen molar-refractivity contribution >= 4 is 16.7 Å². The monoisotopic (exact) mass is 187 g/mol. The van der Waals surface area contributed by atoms with Gasteiger partial charge >= 0.3 is 0 Å². The average Bonchev–Trinajstić information content (AvgIpc) is 2.18. The molecule has 2 rings (SSSR count). The summed E-state index contributed by atoms with van der Waals surface area (Å²) in [6.07, 6.45) is 1.59. The fourth-order valence-corrected chi connectivity index (χ4v) is 1.39. The van der Waals surface area contributed by atoms with Crippen LogP contribution in [0.4, 0.5) is 0 Å². The lowest BCUT2D eigenvalue weighted by atomic mass is 10.1. The number of amidine groups is 1. The molecule has 1 aromatic heterocycles. The number of fused-ring (bicyclic) bond motifs is 1. The first-order valence-electron chi connectivity index (χ1n) is 4.11. The zero-order valence-corrected chi connectivity index (χ0v) is 7.36. The van der Waals surface area contributed by atoms with Crippen LogP contribution in [0.1, 0.15) is 5.56 Å². The normalized spacial score (nSPS) is 10.3. The Kier molecular flexibility index (Phi) is 1.81. The number of benzene rings is 1. The Morgan fingerprint density at radius 1 is 1.36 bits per heavy atom. The van der Waals surface area contributed by atoms with Crippen molar-refractivity contribution in [1.82, 2.24) is 4.98 Å². The number of aromatic hydroxyl groups is 1. The van der Waals surface area contributed by atoms with Crippen LogP contribution in [0.15, 0.2) is 30.5 Å². The minimum absolute atomic E-state index is 0.0250. The third-order valence-electron chi connectivity index (χ3n) is 2.04. The highest BCUT2D eigenvalue weighted by atomic mass is 16.3. The lowest BCUT2D eigenvalue weighted by Crippen LogP contribution is -2.11. The third-order valence-corrected chi connectivity index (χ3v) is 2.04. The summed E-state index contributed by atoms with van der Waals surface area (Å²) in [6, 6.07) is 6.63. The van der Waals surface area contributed by atoms with Crippen LogP contribution in [0, 0.1) is 5.41 Å². The summed E-state index contributed by atoms with van der Waals surface area (Å²) in [5.74, 6) is 0.0774. The molecule has 0 saturated heterocycles. The summed E-state index contributed by atoms with van der Waals surface area (Å²) >= 11 is 0. The van der Waals surface area contributed by atoms with Gasteiger partial charge in [0.05, 0.1) is 0 Å². The van der Waals surface area contributed by atoms with Gasteiger partial charge in [0.25, 0.3) is 0 Å². The van der Waals surface area contributed by atoms with E-state index in [-0.39, 0.29) is 11.6 Å². The average molecular weight is 187 g/mol. The van der Waals surface area contributed by atoms with Crippen molar-refractivity contribution in [3.8, 4) is 5.75 Å². The van der Waals surface area contributed by atoms with Crippen LogP contribution in [0.2, 0.25) is 0 Å². The van der Waals surface area contributed by atoms with E-state index in [2.05, 4.69) is 4.98 Å². The highest BCUT2D eigenvalue weighted by Crippen LogP contribution is 2.24. The lowest BCUT2D eigenvalue weighted by Gasteiger charge is -2.04. The van der Waals surface area contributed by atoms with Crippen LogP contribution in [0.25, 0.3) is 10.9 Å². The Morgan fingerprint density at radius 3 is 2.86 bits per heavy atom. The van der Waals surface area contributed by atoms with Crippen molar-refractivity contribution in [2.75, 3.05) is 0 Å². The Balaban J connectivity index is 2.88. The van der Waals surface area contributed by atoms with E-state index < -0.39 is 0 Å². The standard InChI is InChI=1S/C10H9N3O/c11-10(12)7-3-4-8(14)9-6(7)2-1-5-13-9/h1-5,14H,(H3,11,12). The fourth-order valence-electron chi connectivity index (χ4n) is 1.39. The summed E-state index contributed by atoms with van der Waals surface area (Å²) in [5.41, 5.74) is 6.46. The molecule has 70 valence electrons. The van der Waals surface area contributed by atoms with Crippen LogP contribution in [-0.2, 0) is 0 Å². The van der Waals surface area contributed by atoms with Crippen molar-refractivity contribution in [3.63, 3.8) is 0 Å². The number of nitrogens with zero attached hydrogens (tertiary/aromatic N) is 1. The van der Waals surface area contributed by atoms with Crippen molar-refractivity contribution < 1.29 is 5.11 Å². The van der Waals surface area contributed by atoms with E-state index in [0.29, 0.717) is 16.5 Å². The second-order valence-electron chi connectivity index (χ2n) is 2.95. The summed E-state index contributed by atoms with van der Waals surface area (Å²) in [5, 5.41) is 17.6. The van der Waals surface area contributed by atoms with Crippen LogP contribution < -0.4 is 5.73 Å². The maximum atomic E-state index is 9.50. The molecule has 0 amide bonds. The molecule has 4 N–H and O–H groups in total. The summed E-state index contributed by atoms with van der Waals surface area (Å²) in [6.45, 7) is 0. The quantitative estimate of drug-likeness (QED) is 0.463. The first-order valence-corrected chi connectivity index (χ1v) is 4.11. The molecule has 0 atom stereocenters. The first kappa shape index (κ1) is 8.50. The lowest BCUT2D eigenvalue weighted by molar-refractivity contribution is 0.480. The molecule has 1 aromatic carbocycles. The number of pyridine rings is 1. The van der Waals surface area contributed by atoms with Crippen molar-refractivity contribution in [2.45, 2.75) is 0 Å². The molecular formula is C10H9N3O. The topological polar surface area (TPSA) is 83.0 Å². The number of hydrogen-bond donors (Lipinski definition) is 3. The van der Waals surface area contributed by atoms with E-state index >= 15 is 0 Å². The highest BCUT2D eigenvalue weighted by Gasteiger charge is 2.07. The summed E-state index contributed by atoms with van der Waals surface area (Å²) < 4.78 is 0. The fraction of sp³-hybridized carbons (Fsp3) is 0. The summed E-state index contributed by atoms with van der Waals surface area (Å²) in [7, 11) is 0. The molecule has 0 fully saturated rings. The molecule has 4 heteroatoms. The number of rotatable bonds is 1. The number of aromatic nitrogens is 1. The molecule has 0 saturated carbocycles. The largest absolute Gasteiger partial charge is 0.506 e. The molecule has 14 heavy (non-hydrogen) atoms. The number of nitrogens with two attached hydrogens (primary N) is 1. The van der Waals surface area contributed by atoms with Crippen molar-refractivity contribution in [2.24, 2.45) is 5.73 Å². The molecule has 0 bridgehead atoms. The van der Waals surface area contributed by atoms with Crippen LogP contribution in [0.3, 0.4) is 0 Å². The Morgan fingerprint density at radius 2 is 2.14 bits per heavy atom. The SMILES string of the molecule is N=C(N)c1ccc(O)c2ncccc12. The van der Waals surface area contributed by atoms with Gasteiger partial charge in [0.1, 0.15) is 17.1 Å². The Bertz CT molecular complexity index is 508. The predicted octanol–water partition coefficient (Wildman–Crippen LogP) is 1.22. The molecule has 0 aliphatic heterocycles. The summed E-state index contributed by atoms with van der Waals surface area (Å²) in [4.78, 5) is 4.02. The molecule has 4 nitrogen and oxygen atoms in total. The maximum absolute atomic E-state index is 9.50. The molecule has 0 aliphatic carbocycles. The van der Waals surface area contributed by atoms with Gasteiger partial charge in [0.15, 0.2) is 0 Å². The van der Waals surface area contributed by atoms with Gasteiger partial charge in [-0.15, -0.1) is 0 Å². The van der Waals surface area contributed by atoms with E-state index in [4.69, 9.17) is 11.1 Å². The van der Waals surface area contributed by atoms with Crippen LogP contribution >= 0.6 is 0 Å². The van der Waals surface area contributed by atoms with Gasteiger partial charge in [-0.1, -0.05) is 6.07 Å². The maximum Gasteiger partial charge on any atom is 0.141 e. The van der Waals surface area contributed by atoms with Gasteiger partial charge in [0.2, 0.25) is 0 Å². The minimum atomic E-state index is -0.0250. The van der Waals surface area contributed by atoms with E-state index in [1.165, 1.54) is 6.07 Å². The number of phenols is 1. The van der Waals surface area contributed by atoms with Gasteiger partial charge in [-0.25, -0.2) is 0 Å². The molecular weight excluding hydrogens is 178 g/mol. The predicted molar refractivity (Wildman–Crippen MR) is 54.4 cm³/mol. The van der Waals surface area contributed by atoms with E-state index in [1.807, 2.05) is 0 Å². The first-order chi connectivity index (χ1) is 6.70. The number of phenolic OH excluding ortho intramolecular Hbond substituents is 1. The molecule has 0 spiro atoms. The second-order valence-corrected chi connectivity index (χ2v) is 2.95. The van der Waals surface area contributed by atoms with Gasteiger partial charge in [0, 0.05) is 17.1 Å². The number of hydrogen-bond acceptors (Lipinski definition) is 3. The van der Waals surface area contributed by atoms with Crippen molar-refractivity contribution in [1.29, 1.82) is 5.41 Å². The van der Waals surface area contributed by atoms with E-state index in [9.17, 15) is 5.11 Å². The Hall–Kier alpha value is -2.10. The Labute approximate surface area is 80.5 Å². The zero-order valence-electron chi connectivity index (χ0n) is 7.36. The van der Waals surface area contributed by atoms with Crippen LogP contribution in [0.5, 0.6) is 5.75 Å². The smallest absolute Gasteiger partial charge is 0.141 e. The number of nitrogen functional groups attached to an aromatic ring is 1. The van der Waals surface area contributed by atoms with Gasteiger partial charge in [-0.3, -0.25) is 10.4 Å².